The molecule has 5 nitrogen and oxygen atoms in total. The Bertz CT molecular complexity index is 1500. The van der Waals surface area contributed by atoms with Crippen molar-refractivity contribution >= 4 is 63.3 Å². The van der Waals surface area contributed by atoms with Crippen molar-refractivity contribution in [2.45, 2.75) is 29.4 Å². The number of fused-ring (bicyclic) bond motifs is 3. The van der Waals surface area contributed by atoms with Crippen molar-refractivity contribution in [3.63, 3.8) is 0 Å². The minimum atomic E-state index is -5.00. The maximum Gasteiger partial charge on any atom is 0.451 e. The summed E-state index contributed by atoms with van der Waals surface area (Å²) >= 11 is 23.6. The predicted octanol–water partition coefficient (Wildman–Crippen LogP) is 7.59. The number of nitrogens with zero attached hydrogens (tertiary/aromatic N) is 4. The summed E-state index contributed by atoms with van der Waals surface area (Å²) in [4.78, 5) is 15.3. The van der Waals surface area contributed by atoms with Crippen molar-refractivity contribution in [3.8, 4) is 0 Å². The van der Waals surface area contributed by atoms with E-state index in [1.165, 1.54) is 24.0 Å². The summed E-state index contributed by atoms with van der Waals surface area (Å²) in [6.07, 6.45) is -4.71. The lowest BCUT2D eigenvalue weighted by molar-refractivity contribution is -0.145. The van der Waals surface area contributed by atoms with Gasteiger partial charge in [0.1, 0.15) is 6.04 Å². The first-order valence-corrected chi connectivity index (χ1v) is 12.2. The molecule has 2 aromatic heterocycles. The zero-order chi connectivity index (χ0) is 26.9. The van der Waals surface area contributed by atoms with Gasteiger partial charge in [0, 0.05) is 33.7 Å². The summed E-state index contributed by atoms with van der Waals surface area (Å²) in [5.41, 5.74) is 1.72. The quantitative estimate of drug-likeness (QED) is 0.191. The first-order chi connectivity index (χ1) is 17.3. The van der Waals surface area contributed by atoms with Gasteiger partial charge < -0.3 is 9.88 Å². The van der Waals surface area contributed by atoms with Gasteiger partial charge in [-0.1, -0.05) is 58.5 Å². The van der Waals surface area contributed by atoms with E-state index in [-0.39, 0.29) is 24.1 Å². The Balaban J connectivity index is 1.78. The third kappa shape index (κ3) is 4.69. The molecule has 0 aliphatic carbocycles. The molecule has 0 amide bonds. The molecule has 3 heterocycles. The third-order valence-electron chi connectivity index (χ3n) is 6.08. The lowest BCUT2D eigenvalue weighted by atomic mass is 9.91. The summed E-state index contributed by atoms with van der Waals surface area (Å²) in [6, 6.07) is 6.67. The highest BCUT2D eigenvalue weighted by Gasteiger charge is 2.42. The average Bonchev–Trinajstić information content (AvgIpc) is 3.19. The largest absolute Gasteiger partial charge is 0.451 e. The molecule has 1 N–H and O–H groups in total. The molecule has 0 saturated carbocycles. The number of anilines is 1. The van der Waals surface area contributed by atoms with Gasteiger partial charge >= 0.3 is 6.18 Å². The number of rotatable bonds is 2. The molecule has 37 heavy (non-hydrogen) atoms. The lowest BCUT2D eigenvalue weighted by Gasteiger charge is -2.36. The zero-order valence-electron chi connectivity index (χ0n) is 18.6. The fraction of sp³-hybridized carbons (Fsp3) is 0.261. The summed E-state index contributed by atoms with van der Waals surface area (Å²) in [7, 11) is 0. The molecule has 0 unspecified atom stereocenters. The Labute approximate surface area is 226 Å². The van der Waals surface area contributed by atoms with E-state index in [1.54, 1.807) is 18.2 Å². The number of aryl methyl sites for hydroxylation is 1. The molecule has 1 aliphatic rings. The second kappa shape index (κ2) is 9.11. The van der Waals surface area contributed by atoms with Crippen LogP contribution in [-0.4, -0.2) is 26.5 Å². The standard InChI is InChI=1S/C23H14Cl4F5N5/c1-9-2-4-12(16(29)15(9)28)18-17-11(13-8-10(24)3-5-14(13)33-17)6-7-37(18)21-35-19(22(25,26)27)34-20(36-21)23(30,31)32/h2-5,8,18,33H,6-7H2,1H3/t18-/m0/s1. The van der Waals surface area contributed by atoms with E-state index in [0.29, 0.717) is 16.2 Å². The van der Waals surface area contributed by atoms with Crippen LogP contribution in [-0.2, 0) is 16.4 Å². The highest BCUT2D eigenvalue weighted by atomic mass is 35.6. The van der Waals surface area contributed by atoms with Gasteiger partial charge in [-0.05, 0) is 42.7 Å². The van der Waals surface area contributed by atoms with Gasteiger partial charge in [0.05, 0.1) is 0 Å². The predicted molar refractivity (Wildman–Crippen MR) is 131 cm³/mol. The monoisotopic (exact) mass is 595 g/mol. The van der Waals surface area contributed by atoms with Crippen LogP contribution in [0.2, 0.25) is 5.02 Å². The van der Waals surface area contributed by atoms with Crippen LogP contribution in [0.5, 0.6) is 0 Å². The summed E-state index contributed by atoms with van der Waals surface area (Å²) in [5.74, 6) is -5.12. The van der Waals surface area contributed by atoms with Gasteiger partial charge in [-0.3, -0.25) is 0 Å². The molecule has 1 atom stereocenters. The van der Waals surface area contributed by atoms with Crippen LogP contribution in [0.15, 0.2) is 30.3 Å². The SMILES string of the molecule is Cc1ccc([C@H]2c3[nH]c4ccc(Cl)cc4c3CCN2c2nc(C(F)(F)F)nc(C(Cl)(Cl)Cl)n2)c(F)c1F. The smallest absolute Gasteiger partial charge is 0.356 e. The summed E-state index contributed by atoms with van der Waals surface area (Å²) in [6.45, 7) is 1.42. The van der Waals surface area contributed by atoms with E-state index < -0.39 is 45.2 Å². The van der Waals surface area contributed by atoms with E-state index in [4.69, 9.17) is 46.4 Å². The maximum atomic E-state index is 15.4. The molecule has 5 rings (SSSR count). The van der Waals surface area contributed by atoms with Crippen molar-refractivity contribution in [3.05, 3.63) is 81.0 Å². The van der Waals surface area contributed by atoms with Crippen LogP contribution in [0.1, 0.15) is 40.1 Å². The number of benzene rings is 2. The highest BCUT2D eigenvalue weighted by Crippen LogP contribution is 2.43. The minimum Gasteiger partial charge on any atom is -0.356 e. The number of nitrogens with one attached hydrogen (secondary N) is 1. The fourth-order valence-electron chi connectivity index (χ4n) is 4.42. The first kappa shape index (κ1) is 26.2. The normalized spacial score (nSPS) is 16.4. The molecule has 0 spiro atoms. The molecular formula is C23H14Cl4F5N5. The second-order valence-electron chi connectivity index (χ2n) is 8.43. The number of hydrogen-bond acceptors (Lipinski definition) is 4. The number of H-pyrrole nitrogens is 1. The van der Waals surface area contributed by atoms with E-state index >= 15 is 4.39 Å². The average molecular weight is 597 g/mol. The number of aromatic nitrogens is 4. The molecule has 0 saturated heterocycles. The summed E-state index contributed by atoms with van der Waals surface area (Å²) in [5, 5.41) is 1.20. The molecule has 4 aromatic rings. The van der Waals surface area contributed by atoms with Gasteiger partial charge in [-0.25, -0.2) is 13.8 Å². The van der Waals surface area contributed by atoms with E-state index in [9.17, 15) is 17.6 Å². The van der Waals surface area contributed by atoms with Crippen LogP contribution in [0.25, 0.3) is 10.9 Å². The zero-order valence-corrected chi connectivity index (χ0v) is 21.6. The first-order valence-electron chi connectivity index (χ1n) is 10.7. The van der Waals surface area contributed by atoms with Gasteiger partial charge in [-0.15, -0.1) is 0 Å². The molecule has 0 radical (unpaired) electrons. The van der Waals surface area contributed by atoms with Gasteiger partial charge in [-0.2, -0.15) is 23.1 Å². The molecule has 0 fully saturated rings. The van der Waals surface area contributed by atoms with Crippen molar-refractivity contribution < 1.29 is 22.0 Å². The van der Waals surface area contributed by atoms with Gasteiger partial charge in [0.25, 0.3) is 0 Å². The van der Waals surface area contributed by atoms with Crippen LogP contribution in [0, 0.1) is 18.6 Å². The fourth-order valence-corrected chi connectivity index (χ4v) is 4.84. The van der Waals surface area contributed by atoms with Crippen molar-refractivity contribution in [2.24, 2.45) is 0 Å². The topological polar surface area (TPSA) is 57.7 Å². The Morgan fingerprint density at radius 3 is 2.35 bits per heavy atom. The van der Waals surface area contributed by atoms with Crippen LogP contribution in [0.4, 0.5) is 27.9 Å². The van der Waals surface area contributed by atoms with Crippen molar-refractivity contribution in [1.29, 1.82) is 0 Å². The van der Waals surface area contributed by atoms with E-state index in [1.807, 2.05) is 0 Å². The van der Waals surface area contributed by atoms with Crippen LogP contribution >= 0.6 is 46.4 Å². The molecular weight excluding hydrogens is 583 g/mol. The highest BCUT2D eigenvalue weighted by molar-refractivity contribution is 6.66. The molecule has 2 aromatic carbocycles. The number of hydrogen-bond donors (Lipinski definition) is 1. The third-order valence-corrected chi connectivity index (χ3v) is 6.82. The van der Waals surface area contributed by atoms with E-state index in [2.05, 4.69) is 19.9 Å². The Morgan fingerprint density at radius 2 is 1.68 bits per heavy atom. The Morgan fingerprint density at radius 1 is 0.973 bits per heavy atom. The second-order valence-corrected chi connectivity index (χ2v) is 11.1. The van der Waals surface area contributed by atoms with Crippen molar-refractivity contribution in [1.82, 2.24) is 19.9 Å². The van der Waals surface area contributed by atoms with Crippen molar-refractivity contribution in [2.75, 3.05) is 11.4 Å². The van der Waals surface area contributed by atoms with Gasteiger partial charge in [0.15, 0.2) is 17.5 Å². The molecule has 194 valence electrons. The van der Waals surface area contributed by atoms with Crippen LogP contribution < -0.4 is 4.90 Å². The number of halogens is 9. The summed E-state index contributed by atoms with van der Waals surface area (Å²) < 4.78 is 68.6. The lowest BCUT2D eigenvalue weighted by Crippen LogP contribution is -2.39. The molecule has 1 aliphatic heterocycles. The Kier molecular flexibility index (Phi) is 6.46. The maximum absolute atomic E-state index is 15.4. The Hall–Kier alpha value is -2.40. The molecule has 14 heteroatoms. The van der Waals surface area contributed by atoms with Gasteiger partial charge in [0.2, 0.25) is 15.6 Å². The molecule has 0 bridgehead atoms. The number of alkyl halides is 6. The van der Waals surface area contributed by atoms with Crippen LogP contribution in [0.3, 0.4) is 0 Å². The van der Waals surface area contributed by atoms with E-state index in [0.717, 1.165) is 10.9 Å². The number of aromatic amines is 1. The minimum absolute atomic E-state index is 0.0205.